The highest BCUT2D eigenvalue weighted by molar-refractivity contribution is 7.80. The van der Waals surface area contributed by atoms with Gasteiger partial charge in [-0.25, -0.2) is 0 Å². The van der Waals surface area contributed by atoms with Gasteiger partial charge in [0.2, 0.25) is 5.91 Å². The molecule has 1 amide bonds. The number of nitrogens with one attached hydrogen (secondary N) is 2. The molecule has 164 valence electrons. The predicted octanol–water partition coefficient (Wildman–Crippen LogP) is 4.16. The summed E-state index contributed by atoms with van der Waals surface area (Å²) in [6, 6.07) is 27.6. The van der Waals surface area contributed by atoms with Gasteiger partial charge in [-0.15, -0.1) is 0 Å². The van der Waals surface area contributed by atoms with Crippen molar-refractivity contribution in [1.82, 2.24) is 10.2 Å². The summed E-state index contributed by atoms with van der Waals surface area (Å²) in [5.74, 6) is -0.600. The van der Waals surface area contributed by atoms with Crippen LogP contribution >= 0.6 is 12.2 Å². The Morgan fingerprint density at radius 1 is 0.875 bits per heavy atom. The summed E-state index contributed by atoms with van der Waals surface area (Å²) in [6.07, 6.45) is 0. The molecular weight excluding hydrogens is 418 g/mol. The van der Waals surface area contributed by atoms with Gasteiger partial charge in [0.1, 0.15) is 0 Å². The molecule has 0 radical (unpaired) electrons. The van der Waals surface area contributed by atoms with Gasteiger partial charge in [-0.05, 0) is 41.0 Å². The topological polar surface area (TPSA) is 53.6 Å². The molecule has 2 N–H and O–H groups in total. The normalized spacial score (nSPS) is 14.2. The van der Waals surface area contributed by atoms with Crippen molar-refractivity contribution in [3.8, 4) is 0 Å². The molecule has 0 aliphatic carbocycles. The lowest BCUT2D eigenvalue weighted by Gasteiger charge is -2.26. The Morgan fingerprint density at radius 2 is 1.44 bits per heavy atom. The van der Waals surface area contributed by atoms with E-state index >= 15 is 0 Å². The van der Waals surface area contributed by atoms with Gasteiger partial charge in [0.25, 0.3) is 0 Å². The molecule has 1 fully saturated rings. The Labute approximate surface area is 194 Å². The lowest BCUT2D eigenvalue weighted by Crippen LogP contribution is -2.38. The summed E-state index contributed by atoms with van der Waals surface area (Å²) in [6.45, 7) is 4.40. The third-order valence-corrected chi connectivity index (χ3v) is 5.69. The highest BCUT2D eigenvalue weighted by Gasteiger charge is 2.23. The van der Waals surface area contributed by atoms with Crippen LogP contribution in [-0.2, 0) is 16.1 Å². The van der Waals surface area contributed by atoms with E-state index in [0.717, 1.165) is 49.7 Å². The second-order valence-corrected chi connectivity index (χ2v) is 8.19. The van der Waals surface area contributed by atoms with Gasteiger partial charge in [0, 0.05) is 25.3 Å². The van der Waals surface area contributed by atoms with Crippen molar-refractivity contribution in [2.45, 2.75) is 12.5 Å². The molecular formula is C26H27N3O2S. The van der Waals surface area contributed by atoms with Crippen molar-refractivity contribution in [1.29, 1.82) is 0 Å². The number of amides is 1. The maximum Gasteiger partial charge on any atom is 0.238 e. The SMILES string of the molecule is O=C(NC(=S)Nc1ccc(CN2CCOCC2)cc1)C(c1ccccc1)c1ccccc1. The molecule has 5 nitrogen and oxygen atoms in total. The molecule has 32 heavy (non-hydrogen) atoms. The van der Waals surface area contributed by atoms with E-state index in [9.17, 15) is 4.79 Å². The molecule has 0 unspecified atom stereocenters. The third kappa shape index (κ3) is 6.01. The minimum absolute atomic E-state index is 0.163. The first kappa shape index (κ1) is 22.1. The van der Waals surface area contributed by atoms with Crippen molar-refractivity contribution in [3.63, 3.8) is 0 Å². The van der Waals surface area contributed by atoms with E-state index in [0.29, 0.717) is 0 Å². The van der Waals surface area contributed by atoms with Crippen LogP contribution in [0.25, 0.3) is 0 Å². The fourth-order valence-corrected chi connectivity index (χ4v) is 4.06. The van der Waals surface area contributed by atoms with Crippen LogP contribution in [0.3, 0.4) is 0 Å². The molecule has 3 aromatic rings. The molecule has 1 heterocycles. The first-order valence-corrected chi connectivity index (χ1v) is 11.2. The summed E-state index contributed by atoms with van der Waals surface area (Å²) in [5.41, 5.74) is 3.93. The summed E-state index contributed by atoms with van der Waals surface area (Å²) in [4.78, 5) is 15.5. The summed E-state index contributed by atoms with van der Waals surface area (Å²) in [5, 5.41) is 6.28. The molecule has 0 spiro atoms. The molecule has 0 atom stereocenters. The van der Waals surface area contributed by atoms with Gasteiger partial charge >= 0.3 is 0 Å². The fourth-order valence-electron chi connectivity index (χ4n) is 3.84. The molecule has 1 aliphatic heterocycles. The van der Waals surface area contributed by atoms with Crippen LogP contribution in [-0.4, -0.2) is 42.2 Å². The monoisotopic (exact) mass is 445 g/mol. The molecule has 6 heteroatoms. The predicted molar refractivity (Wildman–Crippen MR) is 132 cm³/mol. The lowest BCUT2D eigenvalue weighted by molar-refractivity contribution is -0.120. The first-order chi connectivity index (χ1) is 15.7. The number of benzene rings is 3. The van der Waals surface area contributed by atoms with Crippen LogP contribution < -0.4 is 10.6 Å². The van der Waals surface area contributed by atoms with Crippen molar-refractivity contribution in [2.24, 2.45) is 0 Å². The zero-order valence-corrected chi connectivity index (χ0v) is 18.7. The number of ether oxygens (including phenoxy) is 1. The van der Waals surface area contributed by atoms with Crippen LogP contribution in [0.5, 0.6) is 0 Å². The Bertz CT molecular complexity index is 980. The number of hydrogen-bond donors (Lipinski definition) is 2. The quantitative estimate of drug-likeness (QED) is 0.558. The van der Waals surface area contributed by atoms with Crippen LogP contribution in [0.4, 0.5) is 5.69 Å². The van der Waals surface area contributed by atoms with Crippen molar-refractivity contribution in [3.05, 3.63) is 102 Å². The van der Waals surface area contributed by atoms with E-state index in [2.05, 4.69) is 27.7 Å². The number of hydrogen-bond acceptors (Lipinski definition) is 4. The fraction of sp³-hybridized carbons (Fsp3) is 0.231. The lowest BCUT2D eigenvalue weighted by atomic mass is 9.90. The minimum atomic E-state index is -0.437. The number of nitrogens with zero attached hydrogens (tertiary/aromatic N) is 1. The maximum atomic E-state index is 13.2. The van der Waals surface area contributed by atoms with E-state index < -0.39 is 5.92 Å². The Morgan fingerprint density at radius 3 is 2.00 bits per heavy atom. The van der Waals surface area contributed by atoms with Gasteiger partial charge < -0.3 is 15.4 Å². The second kappa shape index (κ2) is 11.0. The van der Waals surface area contributed by atoms with Gasteiger partial charge in [0.05, 0.1) is 19.1 Å². The number of rotatable bonds is 6. The van der Waals surface area contributed by atoms with E-state index in [1.165, 1.54) is 5.56 Å². The standard InChI is InChI=1S/C26H27N3O2S/c30-25(24(21-7-3-1-4-8-21)22-9-5-2-6-10-22)28-26(32)27-23-13-11-20(12-14-23)19-29-15-17-31-18-16-29/h1-14,24H,15-19H2,(H2,27,28,30,32). The van der Waals surface area contributed by atoms with E-state index in [-0.39, 0.29) is 11.0 Å². The van der Waals surface area contributed by atoms with E-state index in [1.807, 2.05) is 72.8 Å². The first-order valence-electron chi connectivity index (χ1n) is 10.8. The number of morpholine rings is 1. The zero-order valence-electron chi connectivity index (χ0n) is 17.9. The van der Waals surface area contributed by atoms with Crippen LogP contribution in [0, 0.1) is 0 Å². The Balaban J connectivity index is 1.38. The van der Waals surface area contributed by atoms with Crippen LogP contribution in [0.2, 0.25) is 0 Å². The average Bonchev–Trinajstić information content (AvgIpc) is 2.82. The average molecular weight is 446 g/mol. The van der Waals surface area contributed by atoms with Gasteiger partial charge in [-0.2, -0.15) is 0 Å². The molecule has 0 aromatic heterocycles. The van der Waals surface area contributed by atoms with Gasteiger partial charge in [-0.1, -0.05) is 72.8 Å². The largest absolute Gasteiger partial charge is 0.379 e. The summed E-state index contributed by atoms with van der Waals surface area (Å²) < 4.78 is 5.40. The van der Waals surface area contributed by atoms with E-state index in [1.54, 1.807) is 0 Å². The molecule has 4 rings (SSSR count). The summed E-state index contributed by atoms with van der Waals surface area (Å²) >= 11 is 5.43. The number of carbonyl (C=O) groups excluding carboxylic acids is 1. The van der Waals surface area contributed by atoms with Crippen LogP contribution in [0.1, 0.15) is 22.6 Å². The Kier molecular flexibility index (Phi) is 7.61. The number of carbonyl (C=O) groups is 1. The third-order valence-electron chi connectivity index (χ3n) is 5.49. The molecule has 3 aromatic carbocycles. The van der Waals surface area contributed by atoms with Gasteiger partial charge in [0.15, 0.2) is 5.11 Å². The zero-order chi connectivity index (χ0) is 22.2. The molecule has 1 aliphatic rings. The molecule has 0 bridgehead atoms. The highest BCUT2D eigenvalue weighted by Crippen LogP contribution is 2.24. The Hall–Kier alpha value is -3.06. The van der Waals surface area contributed by atoms with Crippen molar-refractivity contribution < 1.29 is 9.53 Å². The number of anilines is 1. The second-order valence-electron chi connectivity index (χ2n) is 7.78. The highest BCUT2D eigenvalue weighted by atomic mass is 32.1. The van der Waals surface area contributed by atoms with Crippen molar-refractivity contribution in [2.75, 3.05) is 31.6 Å². The molecule has 1 saturated heterocycles. The van der Waals surface area contributed by atoms with E-state index in [4.69, 9.17) is 17.0 Å². The summed E-state index contributed by atoms with van der Waals surface area (Å²) in [7, 11) is 0. The number of thiocarbonyl (C=S) groups is 1. The van der Waals surface area contributed by atoms with Gasteiger partial charge in [-0.3, -0.25) is 9.69 Å². The van der Waals surface area contributed by atoms with Crippen molar-refractivity contribution >= 4 is 28.9 Å². The smallest absolute Gasteiger partial charge is 0.238 e. The minimum Gasteiger partial charge on any atom is -0.379 e. The maximum absolute atomic E-state index is 13.2. The van der Waals surface area contributed by atoms with Crippen LogP contribution in [0.15, 0.2) is 84.9 Å². The molecule has 0 saturated carbocycles.